The van der Waals surface area contributed by atoms with E-state index in [-0.39, 0.29) is 18.7 Å². The van der Waals surface area contributed by atoms with Crippen LogP contribution in [-0.4, -0.2) is 53.6 Å². The molecular weight excluding hydrogens is 210 g/mol. The van der Waals surface area contributed by atoms with Crippen LogP contribution in [0.5, 0.6) is 0 Å². The summed E-state index contributed by atoms with van der Waals surface area (Å²) in [5.41, 5.74) is -0.515. The van der Waals surface area contributed by atoms with Gasteiger partial charge in [0.15, 0.2) is 0 Å². The first kappa shape index (κ1) is 13.3. The van der Waals surface area contributed by atoms with Crippen molar-refractivity contribution in [2.75, 3.05) is 19.8 Å². The van der Waals surface area contributed by atoms with Crippen molar-refractivity contribution >= 4 is 6.09 Å². The first-order valence-corrected chi connectivity index (χ1v) is 5.55. The number of carbonyl (C=O) groups is 1. The summed E-state index contributed by atoms with van der Waals surface area (Å²) in [6.45, 7) is 8.44. The van der Waals surface area contributed by atoms with Crippen molar-refractivity contribution in [2.24, 2.45) is 0 Å². The van der Waals surface area contributed by atoms with E-state index < -0.39 is 11.7 Å². The highest BCUT2D eigenvalue weighted by atomic mass is 16.6. The number of aliphatic hydroxyl groups is 1. The van der Waals surface area contributed by atoms with Crippen LogP contribution in [0.4, 0.5) is 4.79 Å². The molecule has 1 heterocycles. The number of hydrogen-bond donors (Lipinski definition) is 1. The van der Waals surface area contributed by atoms with Crippen LogP contribution >= 0.6 is 0 Å². The number of nitrogens with zero attached hydrogens (tertiary/aromatic N) is 1. The van der Waals surface area contributed by atoms with Crippen LogP contribution in [0, 0.1) is 0 Å². The Balaban J connectivity index is 2.57. The molecule has 1 fully saturated rings. The van der Waals surface area contributed by atoms with Crippen LogP contribution < -0.4 is 0 Å². The number of rotatable bonds is 3. The average Bonchev–Trinajstić information content (AvgIpc) is 1.95. The second kappa shape index (κ2) is 5.01. The van der Waals surface area contributed by atoms with Gasteiger partial charge in [0, 0.05) is 0 Å². The van der Waals surface area contributed by atoms with Crippen LogP contribution in [0.25, 0.3) is 0 Å². The van der Waals surface area contributed by atoms with E-state index in [0.717, 1.165) is 0 Å². The quantitative estimate of drug-likeness (QED) is 0.787. The fourth-order valence-corrected chi connectivity index (χ4v) is 1.38. The van der Waals surface area contributed by atoms with E-state index in [9.17, 15) is 9.90 Å². The molecule has 0 aromatic rings. The summed E-state index contributed by atoms with van der Waals surface area (Å²) in [5.74, 6) is 0. The number of ether oxygens (including phenoxy) is 2. The zero-order valence-corrected chi connectivity index (χ0v) is 10.4. The van der Waals surface area contributed by atoms with Gasteiger partial charge >= 0.3 is 6.09 Å². The minimum atomic E-state index is -0.562. The Labute approximate surface area is 96.3 Å². The Morgan fingerprint density at radius 2 is 2.12 bits per heavy atom. The van der Waals surface area contributed by atoms with Crippen LogP contribution in [0.15, 0.2) is 0 Å². The van der Waals surface area contributed by atoms with E-state index in [2.05, 4.69) is 0 Å². The van der Waals surface area contributed by atoms with Gasteiger partial charge in [0.1, 0.15) is 5.60 Å². The molecule has 16 heavy (non-hydrogen) atoms. The van der Waals surface area contributed by atoms with Crippen molar-refractivity contribution in [3.8, 4) is 0 Å². The average molecular weight is 231 g/mol. The van der Waals surface area contributed by atoms with E-state index >= 15 is 0 Å². The van der Waals surface area contributed by atoms with E-state index in [4.69, 9.17) is 9.47 Å². The summed E-state index contributed by atoms with van der Waals surface area (Å²) in [6, 6.07) is 0.0319. The van der Waals surface area contributed by atoms with Gasteiger partial charge in [0.2, 0.25) is 0 Å². The monoisotopic (exact) mass is 231 g/mol. The van der Waals surface area contributed by atoms with E-state index in [1.54, 1.807) is 11.8 Å². The van der Waals surface area contributed by atoms with Crippen molar-refractivity contribution in [1.82, 2.24) is 4.90 Å². The van der Waals surface area contributed by atoms with E-state index in [0.29, 0.717) is 13.2 Å². The molecule has 0 aromatic heterocycles. The summed E-state index contributed by atoms with van der Waals surface area (Å²) < 4.78 is 10.3. The van der Waals surface area contributed by atoms with Gasteiger partial charge in [-0.05, 0) is 27.7 Å². The lowest BCUT2D eigenvalue weighted by Crippen LogP contribution is -2.54. The van der Waals surface area contributed by atoms with Crippen molar-refractivity contribution in [1.29, 1.82) is 0 Å². The maximum atomic E-state index is 11.9. The van der Waals surface area contributed by atoms with Crippen LogP contribution in [-0.2, 0) is 9.47 Å². The minimum absolute atomic E-state index is 0.0319. The van der Waals surface area contributed by atoms with Crippen molar-refractivity contribution in [2.45, 2.75) is 45.4 Å². The van der Waals surface area contributed by atoms with E-state index in [1.807, 2.05) is 20.8 Å². The summed E-state index contributed by atoms with van der Waals surface area (Å²) in [5, 5.41) is 9.35. The zero-order chi connectivity index (χ0) is 12.3. The molecule has 1 N–H and O–H groups in total. The minimum Gasteiger partial charge on any atom is -0.444 e. The molecule has 1 rings (SSSR count). The number of aliphatic hydroxyl groups excluding tert-OH is 1. The highest BCUT2D eigenvalue weighted by molar-refractivity contribution is 5.68. The van der Waals surface area contributed by atoms with Crippen LogP contribution in [0.2, 0.25) is 0 Å². The van der Waals surface area contributed by atoms with Crippen LogP contribution in [0.3, 0.4) is 0 Å². The summed E-state index contributed by atoms with van der Waals surface area (Å²) in [7, 11) is 0. The molecule has 0 spiro atoms. The Morgan fingerprint density at radius 1 is 1.56 bits per heavy atom. The molecular formula is C11H21NO4. The fraction of sp³-hybridized carbons (Fsp3) is 0.909. The van der Waals surface area contributed by atoms with Crippen molar-refractivity contribution in [3.63, 3.8) is 0 Å². The molecule has 5 heteroatoms. The van der Waals surface area contributed by atoms with E-state index in [1.165, 1.54) is 0 Å². The van der Waals surface area contributed by atoms with Gasteiger partial charge in [-0.25, -0.2) is 4.79 Å². The number of amides is 1. The summed E-state index contributed by atoms with van der Waals surface area (Å²) in [4.78, 5) is 13.4. The largest absolute Gasteiger partial charge is 0.444 e. The lowest BCUT2D eigenvalue weighted by atomic mass is 10.2. The maximum absolute atomic E-state index is 11.9. The Hall–Kier alpha value is -0.810. The third kappa shape index (κ3) is 3.98. The topological polar surface area (TPSA) is 59.0 Å². The van der Waals surface area contributed by atoms with Gasteiger partial charge in [0.25, 0.3) is 0 Å². The molecule has 5 nitrogen and oxygen atoms in total. The second-order valence-electron chi connectivity index (χ2n) is 5.17. The Kier molecular flexibility index (Phi) is 4.15. The third-order valence-electron chi connectivity index (χ3n) is 2.15. The molecule has 0 saturated carbocycles. The molecule has 0 unspecified atom stereocenters. The summed E-state index contributed by atoms with van der Waals surface area (Å²) in [6.07, 6.45) is -0.949. The molecule has 0 bridgehead atoms. The highest BCUT2D eigenvalue weighted by Crippen LogP contribution is 2.16. The van der Waals surface area contributed by atoms with Gasteiger partial charge in [-0.3, -0.25) is 4.90 Å². The highest BCUT2D eigenvalue weighted by Gasteiger charge is 2.33. The molecule has 0 radical (unpaired) electrons. The first-order chi connectivity index (χ1) is 7.29. The van der Waals surface area contributed by atoms with Gasteiger partial charge in [-0.2, -0.15) is 0 Å². The SMILES string of the molecule is C[C@H](O)CN(C(=O)OC(C)(C)C)C1COC1. The Morgan fingerprint density at radius 3 is 2.44 bits per heavy atom. The molecule has 1 aliphatic heterocycles. The molecule has 1 aliphatic rings. The van der Waals surface area contributed by atoms with Crippen molar-refractivity contribution < 1.29 is 19.4 Å². The fourth-order valence-electron chi connectivity index (χ4n) is 1.38. The predicted molar refractivity (Wildman–Crippen MR) is 59.2 cm³/mol. The lowest BCUT2D eigenvalue weighted by Gasteiger charge is -2.38. The number of hydrogen-bond acceptors (Lipinski definition) is 4. The third-order valence-corrected chi connectivity index (χ3v) is 2.15. The van der Waals surface area contributed by atoms with Gasteiger partial charge in [-0.1, -0.05) is 0 Å². The predicted octanol–water partition coefficient (Wildman–Crippen LogP) is 1.00. The first-order valence-electron chi connectivity index (χ1n) is 5.55. The molecule has 0 aromatic carbocycles. The second-order valence-corrected chi connectivity index (χ2v) is 5.17. The van der Waals surface area contributed by atoms with Crippen LogP contribution in [0.1, 0.15) is 27.7 Å². The van der Waals surface area contributed by atoms with Gasteiger partial charge in [0.05, 0.1) is 31.9 Å². The van der Waals surface area contributed by atoms with Crippen molar-refractivity contribution in [3.05, 3.63) is 0 Å². The number of carbonyl (C=O) groups excluding carboxylic acids is 1. The Bertz CT molecular complexity index is 243. The lowest BCUT2D eigenvalue weighted by molar-refractivity contribution is -0.0780. The van der Waals surface area contributed by atoms with Gasteiger partial charge < -0.3 is 14.6 Å². The summed E-state index contributed by atoms with van der Waals surface area (Å²) >= 11 is 0. The molecule has 94 valence electrons. The zero-order valence-electron chi connectivity index (χ0n) is 10.4. The normalized spacial score (nSPS) is 18.8. The molecule has 1 atom stereocenters. The molecule has 1 amide bonds. The maximum Gasteiger partial charge on any atom is 0.410 e. The molecule has 1 saturated heterocycles. The molecule has 0 aliphatic carbocycles. The van der Waals surface area contributed by atoms with Gasteiger partial charge in [-0.15, -0.1) is 0 Å². The smallest absolute Gasteiger partial charge is 0.410 e. The standard InChI is InChI=1S/C11H21NO4/c1-8(13)5-12(9-6-15-7-9)10(14)16-11(2,3)4/h8-9,13H,5-7H2,1-4H3/t8-/m0/s1.